The third-order valence-electron chi connectivity index (χ3n) is 1.58. The maximum Gasteiger partial charge on any atom is 0.108 e. The van der Waals surface area contributed by atoms with E-state index in [1.165, 1.54) is 6.42 Å². The highest BCUT2D eigenvalue weighted by Gasteiger charge is 2.18. The summed E-state index contributed by atoms with van der Waals surface area (Å²) >= 11 is 0. The minimum absolute atomic E-state index is 0.338. The Hall–Kier alpha value is -0.0800. The summed E-state index contributed by atoms with van der Waals surface area (Å²) in [6.07, 6.45) is 3.10. The maximum absolute atomic E-state index is 5.49. The molecule has 0 radical (unpaired) electrons. The molecule has 2 atom stereocenters. The van der Waals surface area contributed by atoms with E-state index in [-0.39, 0.29) is 0 Å². The van der Waals surface area contributed by atoms with Gasteiger partial charge in [-0.1, -0.05) is 13.3 Å². The molecule has 1 aliphatic rings. The van der Waals surface area contributed by atoms with Gasteiger partial charge in [-0.15, -0.1) is 0 Å². The van der Waals surface area contributed by atoms with Gasteiger partial charge in [0, 0.05) is 6.54 Å². The number of hydrogen-bond donors (Lipinski definition) is 1. The highest BCUT2D eigenvalue weighted by atomic mass is 16.5. The normalized spacial score (nSPS) is 35.3. The van der Waals surface area contributed by atoms with Crippen LogP contribution in [0.2, 0.25) is 0 Å². The summed E-state index contributed by atoms with van der Waals surface area (Å²) in [6.45, 7) is 5.29. The fourth-order valence-corrected chi connectivity index (χ4v) is 1.11. The molecule has 0 amide bonds. The van der Waals surface area contributed by atoms with Gasteiger partial charge in [-0.2, -0.15) is 0 Å². The molecule has 2 nitrogen and oxygen atoms in total. The predicted molar refractivity (Wildman–Crippen MR) is 37.2 cm³/mol. The Morgan fingerprint density at radius 3 is 2.89 bits per heavy atom. The molecule has 2 unspecified atom stereocenters. The van der Waals surface area contributed by atoms with Crippen LogP contribution in [0.25, 0.3) is 0 Å². The molecule has 0 aromatic heterocycles. The highest BCUT2D eigenvalue weighted by Crippen LogP contribution is 2.08. The third kappa shape index (κ3) is 1.95. The fourth-order valence-electron chi connectivity index (χ4n) is 1.11. The van der Waals surface area contributed by atoms with Crippen LogP contribution in [0.4, 0.5) is 0 Å². The summed E-state index contributed by atoms with van der Waals surface area (Å²) in [5.41, 5.74) is 0. The summed E-state index contributed by atoms with van der Waals surface area (Å²) < 4.78 is 5.49. The first kappa shape index (κ1) is 7.03. The summed E-state index contributed by atoms with van der Waals surface area (Å²) in [6, 6.07) is 0. The Morgan fingerprint density at radius 2 is 2.44 bits per heavy atom. The van der Waals surface area contributed by atoms with Crippen LogP contribution >= 0.6 is 0 Å². The lowest BCUT2D eigenvalue weighted by atomic mass is 10.3. The van der Waals surface area contributed by atoms with Gasteiger partial charge in [0.25, 0.3) is 0 Å². The number of rotatable bonds is 2. The molecule has 0 aromatic rings. The summed E-state index contributed by atoms with van der Waals surface area (Å²) in [5.74, 6) is 0. The molecule has 1 N–H and O–H groups in total. The molecule has 1 heterocycles. The summed E-state index contributed by atoms with van der Waals surface area (Å²) in [7, 11) is 0. The number of nitrogens with one attached hydrogen (secondary N) is 1. The van der Waals surface area contributed by atoms with Gasteiger partial charge in [-0.05, 0) is 13.3 Å². The van der Waals surface area contributed by atoms with Gasteiger partial charge in [-0.25, -0.2) is 0 Å². The molecule has 0 spiro atoms. The van der Waals surface area contributed by atoms with Gasteiger partial charge in [-0.3, -0.25) is 5.32 Å². The lowest BCUT2D eigenvalue weighted by Gasteiger charge is -2.07. The second kappa shape index (κ2) is 3.18. The molecule has 2 heteroatoms. The van der Waals surface area contributed by atoms with Crippen LogP contribution in [0.3, 0.4) is 0 Å². The molecule has 0 aromatic carbocycles. The molecule has 54 valence electrons. The van der Waals surface area contributed by atoms with Crippen molar-refractivity contribution < 1.29 is 4.74 Å². The smallest absolute Gasteiger partial charge is 0.108 e. The van der Waals surface area contributed by atoms with E-state index < -0.39 is 0 Å². The van der Waals surface area contributed by atoms with Crippen molar-refractivity contribution in [3.63, 3.8) is 0 Å². The van der Waals surface area contributed by atoms with Crippen LogP contribution < -0.4 is 5.32 Å². The average Bonchev–Trinajstić information content (AvgIpc) is 2.17. The quantitative estimate of drug-likeness (QED) is 0.603. The van der Waals surface area contributed by atoms with Crippen molar-refractivity contribution in [3.8, 4) is 0 Å². The zero-order valence-corrected chi connectivity index (χ0v) is 6.18. The lowest BCUT2D eigenvalue weighted by Crippen LogP contribution is -2.21. The first-order chi connectivity index (χ1) is 4.33. The van der Waals surface area contributed by atoms with E-state index in [2.05, 4.69) is 19.2 Å². The van der Waals surface area contributed by atoms with Crippen molar-refractivity contribution in [2.75, 3.05) is 6.54 Å². The fraction of sp³-hybridized carbons (Fsp3) is 1.00. The largest absolute Gasteiger partial charge is 0.359 e. The van der Waals surface area contributed by atoms with Crippen LogP contribution in [0.1, 0.15) is 26.7 Å². The second-order valence-electron chi connectivity index (χ2n) is 2.63. The van der Waals surface area contributed by atoms with Gasteiger partial charge in [0.2, 0.25) is 0 Å². The van der Waals surface area contributed by atoms with Crippen LogP contribution in [0.15, 0.2) is 0 Å². The molecular weight excluding hydrogens is 114 g/mol. The van der Waals surface area contributed by atoms with Crippen molar-refractivity contribution in [1.82, 2.24) is 5.32 Å². The molecule has 0 bridgehead atoms. The van der Waals surface area contributed by atoms with E-state index in [9.17, 15) is 0 Å². The maximum atomic E-state index is 5.49. The van der Waals surface area contributed by atoms with Gasteiger partial charge < -0.3 is 4.74 Å². The Bertz CT molecular complexity index is 83.0. The van der Waals surface area contributed by atoms with E-state index in [0.29, 0.717) is 12.3 Å². The van der Waals surface area contributed by atoms with Crippen molar-refractivity contribution in [1.29, 1.82) is 0 Å². The van der Waals surface area contributed by atoms with Crippen molar-refractivity contribution >= 4 is 0 Å². The SMILES string of the molecule is CCCC1NCC(C)O1. The lowest BCUT2D eigenvalue weighted by molar-refractivity contribution is 0.0459. The third-order valence-corrected chi connectivity index (χ3v) is 1.58. The molecular formula is C7H15NO. The topological polar surface area (TPSA) is 21.3 Å². The second-order valence-corrected chi connectivity index (χ2v) is 2.63. The number of hydrogen-bond acceptors (Lipinski definition) is 2. The molecule has 1 rings (SSSR count). The van der Waals surface area contributed by atoms with Crippen LogP contribution in [0, 0.1) is 0 Å². The summed E-state index contributed by atoms with van der Waals surface area (Å²) in [5, 5.41) is 3.29. The Labute approximate surface area is 56.6 Å². The van der Waals surface area contributed by atoms with Gasteiger partial charge in [0.1, 0.15) is 6.23 Å². The number of ether oxygens (including phenoxy) is 1. The summed E-state index contributed by atoms with van der Waals surface area (Å²) in [4.78, 5) is 0. The Kier molecular flexibility index (Phi) is 2.49. The minimum atomic E-state index is 0.338. The molecule has 1 fully saturated rings. The predicted octanol–water partition coefficient (Wildman–Crippen LogP) is 1.12. The Balaban J connectivity index is 2.14. The first-order valence-corrected chi connectivity index (χ1v) is 3.71. The van der Waals surface area contributed by atoms with Crippen molar-refractivity contribution in [2.24, 2.45) is 0 Å². The molecule has 1 saturated heterocycles. The van der Waals surface area contributed by atoms with Crippen LogP contribution in [-0.4, -0.2) is 18.9 Å². The zero-order valence-electron chi connectivity index (χ0n) is 6.18. The molecule has 0 aliphatic carbocycles. The van der Waals surface area contributed by atoms with Gasteiger partial charge >= 0.3 is 0 Å². The monoisotopic (exact) mass is 129 g/mol. The van der Waals surface area contributed by atoms with Crippen molar-refractivity contribution in [2.45, 2.75) is 39.0 Å². The van der Waals surface area contributed by atoms with E-state index >= 15 is 0 Å². The van der Waals surface area contributed by atoms with Gasteiger partial charge in [0.15, 0.2) is 0 Å². The average molecular weight is 129 g/mol. The van der Waals surface area contributed by atoms with E-state index in [4.69, 9.17) is 4.74 Å². The van der Waals surface area contributed by atoms with Crippen LogP contribution in [0.5, 0.6) is 0 Å². The van der Waals surface area contributed by atoms with Crippen LogP contribution in [-0.2, 0) is 4.74 Å². The molecule has 1 aliphatic heterocycles. The Morgan fingerprint density at radius 1 is 1.67 bits per heavy atom. The first-order valence-electron chi connectivity index (χ1n) is 3.71. The highest BCUT2D eigenvalue weighted by molar-refractivity contribution is 4.68. The standard InChI is InChI=1S/C7H15NO/c1-3-4-7-8-5-6(2)9-7/h6-8H,3-5H2,1-2H3. The minimum Gasteiger partial charge on any atom is -0.359 e. The van der Waals surface area contributed by atoms with Gasteiger partial charge in [0.05, 0.1) is 6.10 Å². The van der Waals surface area contributed by atoms with E-state index in [1.54, 1.807) is 0 Å². The zero-order chi connectivity index (χ0) is 6.69. The van der Waals surface area contributed by atoms with E-state index in [0.717, 1.165) is 13.0 Å². The van der Waals surface area contributed by atoms with E-state index in [1.807, 2.05) is 0 Å². The molecule has 0 saturated carbocycles. The molecule has 9 heavy (non-hydrogen) atoms. The van der Waals surface area contributed by atoms with Crippen molar-refractivity contribution in [3.05, 3.63) is 0 Å².